The summed E-state index contributed by atoms with van der Waals surface area (Å²) < 4.78 is 51.5. The van der Waals surface area contributed by atoms with Crippen molar-refractivity contribution in [1.82, 2.24) is 4.98 Å². The van der Waals surface area contributed by atoms with Crippen molar-refractivity contribution >= 4 is 21.2 Å². The summed E-state index contributed by atoms with van der Waals surface area (Å²) in [5.41, 5.74) is 0.828. The number of para-hydroxylation sites is 1. The summed E-state index contributed by atoms with van der Waals surface area (Å²) >= 11 is 1.17. The highest BCUT2D eigenvalue weighted by molar-refractivity contribution is 7.90. The number of aromatic nitrogens is 1. The lowest BCUT2D eigenvalue weighted by atomic mass is 10.1. The first-order valence-electron chi connectivity index (χ1n) is 5.51. The minimum Gasteiger partial charge on any atom is -0.434 e. The van der Waals surface area contributed by atoms with Gasteiger partial charge in [0.15, 0.2) is 9.84 Å². The van der Waals surface area contributed by atoms with Crippen LogP contribution in [0.4, 0.5) is 8.78 Å². The lowest BCUT2D eigenvalue weighted by molar-refractivity contribution is -0.0494. The largest absolute Gasteiger partial charge is 0.434 e. The Balaban J connectivity index is 2.33. The van der Waals surface area contributed by atoms with Crippen molar-refractivity contribution in [1.29, 1.82) is 0 Å². The van der Waals surface area contributed by atoms with Gasteiger partial charge in [-0.25, -0.2) is 13.4 Å². The lowest BCUT2D eigenvalue weighted by Crippen LogP contribution is -2.03. The standard InChI is InChI=1S/C12H11F2NO3S2/c1-20(16,17)7-11-15-9(6-19-11)8-4-2-3-5-10(8)18-12(13)14/h2-6,12H,7H2,1H3. The van der Waals surface area contributed by atoms with Crippen LogP contribution in [0.2, 0.25) is 0 Å². The normalized spacial score (nSPS) is 11.8. The van der Waals surface area contributed by atoms with Gasteiger partial charge in [-0.2, -0.15) is 8.78 Å². The Kier molecular flexibility index (Phi) is 4.34. The van der Waals surface area contributed by atoms with Gasteiger partial charge >= 0.3 is 6.61 Å². The fraction of sp³-hybridized carbons (Fsp3) is 0.250. The average Bonchev–Trinajstić information content (AvgIpc) is 2.74. The molecule has 0 N–H and O–H groups in total. The van der Waals surface area contributed by atoms with Crippen LogP contribution in [0.25, 0.3) is 11.3 Å². The topological polar surface area (TPSA) is 56.3 Å². The number of hydrogen-bond donors (Lipinski definition) is 0. The van der Waals surface area contributed by atoms with Crippen molar-refractivity contribution < 1.29 is 21.9 Å². The smallest absolute Gasteiger partial charge is 0.387 e. The summed E-state index contributed by atoms with van der Waals surface area (Å²) in [4.78, 5) is 4.15. The predicted octanol–water partition coefficient (Wildman–Crippen LogP) is 2.96. The molecule has 0 amide bonds. The first kappa shape index (κ1) is 14.9. The molecule has 0 bridgehead atoms. The number of rotatable bonds is 5. The van der Waals surface area contributed by atoms with Gasteiger partial charge in [-0.1, -0.05) is 12.1 Å². The zero-order chi connectivity index (χ0) is 14.8. The number of ether oxygens (including phenoxy) is 1. The second kappa shape index (κ2) is 5.84. The van der Waals surface area contributed by atoms with Crippen molar-refractivity contribution in [2.24, 2.45) is 0 Å². The van der Waals surface area contributed by atoms with Crippen LogP contribution in [-0.2, 0) is 15.6 Å². The second-order valence-electron chi connectivity index (χ2n) is 4.07. The number of halogens is 2. The number of thiazole rings is 1. The molecule has 20 heavy (non-hydrogen) atoms. The predicted molar refractivity (Wildman–Crippen MR) is 72.7 cm³/mol. The highest BCUT2D eigenvalue weighted by atomic mass is 32.2. The van der Waals surface area contributed by atoms with E-state index >= 15 is 0 Å². The molecule has 1 heterocycles. The fourth-order valence-electron chi connectivity index (χ4n) is 1.60. The molecule has 1 aromatic heterocycles. The van der Waals surface area contributed by atoms with Crippen LogP contribution < -0.4 is 4.74 Å². The van der Waals surface area contributed by atoms with E-state index in [1.54, 1.807) is 23.6 Å². The van der Waals surface area contributed by atoms with Gasteiger partial charge in [-0.15, -0.1) is 11.3 Å². The maximum atomic E-state index is 12.3. The minimum atomic E-state index is -3.18. The van der Waals surface area contributed by atoms with Crippen LogP contribution in [-0.4, -0.2) is 26.3 Å². The SMILES string of the molecule is CS(=O)(=O)Cc1nc(-c2ccccc2OC(F)F)cs1. The molecule has 108 valence electrons. The van der Waals surface area contributed by atoms with Crippen LogP contribution in [0.15, 0.2) is 29.6 Å². The zero-order valence-electron chi connectivity index (χ0n) is 10.4. The summed E-state index contributed by atoms with van der Waals surface area (Å²) in [5.74, 6) is -0.158. The van der Waals surface area contributed by atoms with Crippen molar-refractivity contribution in [2.45, 2.75) is 12.4 Å². The van der Waals surface area contributed by atoms with E-state index in [1.807, 2.05) is 0 Å². The van der Waals surface area contributed by atoms with Gasteiger partial charge in [0.05, 0.1) is 5.69 Å². The van der Waals surface area contributed by atoms with E-state index in [0.29, 0.717) is 16.3 Å². The molecule has 0 saturated heterocycles. The Morgan fingerprint density at radius 2 is 2.05 bits per heavy atom. The molecule has 0 aliphatic rings. The number of benzene rings is 1. The molecule has 0 saturated carbocycles. The maximum absolute atomic E-state index is 12.3. The molecule has 4 nitrogen and oxygen atoms in total. The van der Waals surface area contributed by atoms with Crippen LogP contribution in [0.3, 0.4) is 0 Å². The van der Waals surface area contributed by atoms with Crippen LogP contribution in [0, 0.1) is 0 Å². The van der Waals surface area contributed by atoms with E-state index in [0.717, 1.165) is 6.26 Å². The van der Waals surface area contributed by atoms with E-state index < -0.39 is 16.4 Å². The van der Waals surface area contributed by atoms with Crippen LogP contribution >= 0.6 is 11.3 Å². The summed E-state index contributed by atoms with van der Waals surface area (Å²) in [6, 6.07) is 6.25. The first-order valence-corrected chi connectivity index (χ1v) is 8.45. The molecule has 1 aromatic carbocycles. The Labute approximate surface area is 119 Å². The van der Waals surface area contributed by atoms with Crippen LogP contribution in [0.1, 0.15) is 5.01 Å². The van der Waals surface area contributed by atoms with Crippen molar-refractivity contribution in [3.05, 3.63) is 34.7 Å². The molecular weight excluding hydrogens is 308 g/mol. The number of alkyl halides is 2. The Hall–Kier alpha value is -1.54. The van der Waals surface area contributed by atoms with Gasteiger partial charge in [-0.3, -0.25) is 0 Å². The van der Waals surface area contributed by atoms with E-state index in [-0.39, 0.29) is 11.5 Å². The number of hydrogen-bond acceptors (Lipinski definition) is 5. The van der Waals surface area contributed by atoms with Gasteiger partial charge in [0, 0.05) is 17.2 Å². The fourth-order valence-corrected chi connectivity index (χ4v) is 3.61. The third-order valence-corrected chi connectivity index (χ3v) is 4.15. The molecule has 2 aromatic rings. The summed E-state index contributed by atoms with van der Waals surface area (Å²) in [6.07, 6.45) is 1.11. The van der Waals surface area contributed by atoms with Gasteiger partial charge in [0.25, 0.3) is 0 Å². The van der Waals surface area contributed by atoms with Gasteiger partial charge in [0.2, 0.25) is 0 Å². The van der Waals surface area contributed by atoms with Gasteiger partial charge in [-0.05, 0) is 12.1 Å². The molecule has 0 radical (unpaired) electrons. The van der Waals surface area contributed by atoms with E-state index in [4.69, 9.17) is 0 Å². The number of sulfone groups is 1. The minimum absolute atomic E-state index is 0.0127. The lowest BCUT2D eigenvalue weighted by Gasteiger charge is -2.08. The highest BCUT2D eigenvalue weighted by Gasteiger charge is 2.15. The summed E-state index contributed by atoms with van der Waals surface area (Å²) in [7, 11) is -3.18. The van der Waals surface area contributed by atoms with Crippen molar-refractivity contribution in [2.75, 3.05) is 6.26 Å². The Bertz CT molecular complexity index is 698. The molecule has 8 heteroatoms. The quantitative estimate of drug-likeness (QED) is 0.850. The first-order chi connectivity index (χ1) is 9.35. The maximum Gasteiger partial charge on any atom is 0.387 e. The molecule has 0 unspecified atom stereocenters. The molecule has 2 rings (SSSR count). The third-order valence-electron chi connectivity index (χ3n) is 2.32. The molecular formula is C12H11F2NO3S2. The summed E-state index contributed by atoms with van der Waals surface area (Å²) in [5, 5.41) is 2.03. The molecule has 0 aliphatic heterocycles. The number of nitrogens with zero attached hydrogens (tertiary/aromatic N) is 1. The second-order valence-corrected chi connectivity index (χ2v) is 7.15. The third kappa shape index (κ3) is 3.97. The van der Waals surface area contributed by atoms with Crippen molar-refractivity contribution in [3.63, 3.8) is 0 Å². The van der Waals surface area contributed by atoms with Gasteiger partial charge in [0.1, 0.15) is 16.5 Å². The van der Waals surface area contributed by atoms with Gasteiger partial charge < -0.3 is 4.74 Å². The molecule has 0 fully saturated rings. The van der Waals surface area contributed by atoms with Crippen LogP contribution in [0.5, 0.6) is 5.75 Å². The average molecular weight is 319 g/mol. The molecule has 0 atom stereocenters. The molecule has 0 aliphatic carbocycles. The molecule has 0 spiro atoms. The zero-order valence-corrected chi connectivity index (χ0v) is 12.0. The van der Waals surface area contributed by atoms with E-state index in [1.165, 1.54) is 17.4 Å². The van der Waals surface area contributed by atoms with Crippen molar-refractivity contribution in [3.8, 4) is 17.0 Å². The van der Waals surface area contributed by atoms with E-state index in [9.17, 15) is 17.2 Å². The van der Waals surface area contributed by atoms with E-state index in [2.05, 4.69) is 9.72 Å². The monoisotopic (exact) mass is 319 g/mol. The summed E-state index contributed by atoms with van der Waals surface area (Å²) in [6.45, 7) is -2.93. The highest BCUT2D eigenvalue weighted by Crippen LogP contribution is 2.31. The Morgan fingerprint density at radius 1 is 1.35 bits per heavy atom. The Morgan fingerprint density at radius 3 is 2.70 bits per heavy atom.